The maximum atomic E-state index is 6.89. The maximum absolute atomic E-state index is 6.89. The zero-order valence-corrected chi connectivity index (χ0v) is 21.0. The molecule has 1 saturated carbocycles. The SMILES string of the molecule is CC12CCCCC1(C)N(c1cc(Cl)cc(-n3c4ccccc4c4ccccc43)c1)c1ccccc12. The number of halogens is 1. The van der Waals surface area contributed by atoms with Gasteiger partial charge in [-0.15, -0.1) is 0 Å². The summed E-state index contributed by atoms with van der Waals surface area (Å²) in [5.41, 5.74) is 7.63. The predicted molar refractivity (Wildman–Crippen MR) is 149 cm³/mol. The van der Waals surface area contributed by atoms with Gasteiger partial charge < -0.3 is 9.47 Å². The minimum atomic E-state index is 0.0116. The quantitative estimate of drug-likeness (QED) is 0.246. The lowest BCUT2D eigenvalue weighted by Crippen LogP contribution is -2.54. The first-order chi connectivity index (χ1) is 17.0. The van der Waals surface area contributed by atoms with Gasteiger partial charge in [-0.2, -0.15) is 0 Å². The van der Waals surface area contributed by atoms with Crippen LogP contribution in [0.25, 0.3) is 27.5 Å². The van der Waals surface area contributed by atoms with Crippen molar-refractivity contribution >= 4 is 44.8 Å². The molecular weight excluding hydrogens is 448 g/mol. The van der Waals surface area contributed by atoms with E-state index in [1.165, 1.54) is 64.4 Å². The van der Waals surface area contributed by atoms with Gasteiger partial charge in [-0.05, 0) is 61.7 Å². The van der Waals surface area contributed by atoms with Gasteiger partial charge in [-0.1, -0.05) is 86.0 Å². The van der Waals surface area contributed by atoms with Gasteiger partial charge in [0, 0.05) is 38.3 Å². The molecule has 0 amide bonds. The molecule has 1 aliphatic heterocycles. The summed E-state index contributed by atoms with van der Waals surface area (Å²) in [6, 6.07) is 32.9. The molecule has 7 rings (SSSR count). The van der Waals surface area contributed by atoms with E-state index in [1.807, 2.05) is 0 Å². The van der Waals surface area contributed by atoms with Crippen molar-refractivity contribution in [1.82, 2.24) is 4.57 Å². The molecule has 0 saturated heterocycles. The predicted octanol–water partition coefficient (Wildman–Crippen LogP) is 9.18. The van der Waals surface area contributed by atoms with Crippen molar-refractivity contribution in [2.45, 2.75) is 50.5 Å². The van der Waals surface area contributed by atoms with E-state index in [-0.39, 0.29) is 11.0 Å². The van der Waals surface area contributed by atoms with E-state index in [4.69, 9.17) is 11.6 Å². The molecule has 1 aromatic heterocycles. The molecule has 35 heavy (non-hydrogen) atoms. The second kappa shape index (κ2) is 7.38. The number of benzene rings is 4. The number of rotatable bonds is 2. The van der Waals surface area contributed by atoms with Crippen molar-refractivity contribution in [3.8, 4) is 5.69 Å². The van der Waals surface area contributed by atoms with Gasteiger partial charge >= 0.3 is 0 Å². The van der Waals surface area contributed by atoms with Crippen LogP contribution in [0.3, 0.4) is 0 Å². The summed E-state index contributed by atoms with van der Waals surface area (Å²) in [6.07, 6.45) is 4.94. The van der Waals surface area contributed by atoms with Crippen LogP contribution in [0.1, 0.15) is 45.1 Å². The topological polar surface area (TPSA) is 8.17 Å². The highest BCUT2D eigenvalue weighted by Gasteiger charge is 2.57. The Morgan fingerprint density at radius 2 is 1.29 bits per heavy atom. The Morgan fingerprint density at radius 3 is 2.03 bits per heavy atom. The Hall–Kier alpha value is -3.23. The standard InChI is InChI=1S/C32H29ClN2/c1-31-17-9-10-18-32(31,2)35(30-16-8-5-13-27(30)31)24-20-22(33)19-23(21-24)34-28-14-6-3-11-25(28)26-12-4-7-15-29(26)34/h3-8,11-16,19-21H,9-10,17-18H2,1-2H3. The summed E-state index contributed by atoms with van der Waals surface area (Å²) in [5.74, 6) is 0. The van der Waals surface area contributed by atoms with E-state index in [0.29, 0.717) is 0 Å². The minimum Gasteiger partial charge on any atom is -0.334 e. The minimum absolute atomic E-state index is 0.0116. The van der Waals surface area contributed by atoms with Crippen molar-refractivity contribution in [1.29, 1.82) is 0 Å². The molecule has 2 atom stereocenters. The molecule has 0 bridgehead atoms. The number of hydrogen-bond donors (Lipinski definition) is 0. The number of nitrogens with zero attached hydrogens (tertiary/aromatic N) is 2. The van der Waals surface area contributed by atoms with Gasteiger partial charge in [0.25, 0.3) is 0 Å². The Morgan fingerprint density at radius 1 is 0.686 bits per heavy atom. The van der Waals surface area contributed by atoms with Gasteiger partial charge in [-0.3, -0.25) is 0 Å². The first-order valence-electron chi connectivity index (χ1n) is 12.7. The number of para-hydroxylation sites is 3. The maximum Gasteiger partial charge on any atom is 0.0541 e. The molecule has 3 heteroatoms. The lowest BCUT2D eigenvalue weighted by molar-refractivity contribution is 0.195. The summed E-state index contributed by atoms with van der Waals surface area (Å²) in [7, 11) is 0. The second-order valence-corrected chi connectivity index (χ2v) is 11.1. The fourth-order valence-corrected chi connectivity index (χ4v) is 7.34. The van der Waals surface area contributed by atoms with Crippen LogP contribution in [0.5, 0.6) is 0 Å². The summed E-state index contributed by atoms with van der Waals surface area (Å²) in [5, 5.41) is 3.30. The van der Waals surface area contributed by atoms with Crippen LogP contribution < -0.4 is 4.90 Å². The molecule has 2 unspecified atom stereocenters. The molecule has 2 aliphatic rings. The highest BCUT2D eigenvalue weighted by molar-refractivity contribution is 6.31. The number of aromatic nitrogens is 1. The summed E-state index contributed by atoms with van der Waals surface area (Å²) >= 11 is 6.89. The average molecular weight is 477 g/mol. The number of hydrogen-bond acceptors (Lipinski definition) is 1. The Kier molecular flexibility index (Phi) is 4.45. The fraction of sp³-hybridized carbons (Fsp3) is 0.250. The van der Waals surface area contributed by atoms with Crippen LogP contribution >= 0.6 is 11.6 Å². The molecule has 2 nitrogen and oxygen atoms in total. The van der Waals surface area contributed by atoms with Crippen LogP contribution in [-0.2, 0) is 5.41 Å². The van der Waals surface area contributed by atoms with Gasteiger partial charge in [0.05, 0.1) is 16.6 Å². The lowest BCUT2D eigenvalue weighted by Gasteiger charge is -2.50. The van der Waals surface area contributed by atoms with Gasteiger partial charge in [0.2, 0.25) is 0 Å². The monoisotopic (exact) mass is 476 g/mol. The summed E-state index contributed by atoms with van der Waals surface area (Å²) in [4.78, 5) is 2.60. The normalized spacial score (nSPS) is 23.6. The van der Waals surface area contributed by atoms with Crippen molar-refractivity contribution in [2.24, 2.45) is 0 Å². The third kappa shape index (κ3) is 2.78. The third-order valence-electron chi connectivity index (χ3n) is 8.98. The van der Waals surface area contributed by atoms with E-state index < -0.39 is 0 Å². The third-order valence-corrected chi connectivity index (χ3v) is 9.19. The molecule has 0 radical (unpaired) electrons. The van der Waals surface area contributed by atoms with Crippen molar-refractivity contribution in [3.05, 3.63) is 102 Å². The van der Waals surface area contributed by atoms with Crippen molar-refractivity contribution in [3.63, 3.8) is 0 Å². The molecule has 2 heterocycles. The Balaban J connectivity index is 1.49. The molecular formula is C32H29ClN2. The number of anilines is 2. The van der Waals surface area contributed by atoms with Crippen LogP contribution in [0.2, 0.25) is 5.02 Å². The highest BCUT2D eigenvalue weighted by Crippen LogP contribution is 2.60. The van der Waals surface area contributed by atoms with Gasteiger partial charge in [-0.25, -0.2) is 0 Å². The molecule has 174 valence electrons. The highest BCUT2D eigenvalue weighted by atomic mass is 35.5. The smallest absolute Gasteiger partial charge is 0.0541 e. The first kappa shape index (κ1) is 21.1. The Bertz CT molecular complexity index is 1560. The lowest BCUT2D eigenvalue weighted by atomic mass is 9.61. The summed E-state index contributed by atoms with van der Waals surface area (Å²) in [6.45, 7) is 4.94. The molecule has 0 N–H and O–H groups in total. The van der Waals surface area contributed by atoms with Crippen molar-refractivity contribution in [2.75, 3.05) is 4.90 Å². The van der Waals surface area contributed by atoms with Gasteiger partial charge in [0.15, 0.2) is 0 Å². The van der Waals surface area contributed by atoms with Crippen LogP contribution in [0, 0.1) is 0 Å². The zero-order chi connectivity index (χ0) is 23.8. The molecule has 1 fully saturated rings. The zero-order valence-electron chi connectivity index (χ0n) is 20.3. The Labute approximate surface area is 211 Å². The van der Waals surface area contributed by atoms with E-state index in [1.54, 1.807) is 0 Å². The van der Waals surface area contributed by atoms with Crippen LogP contribution in [0.4, 0.5) is 11.4 Å². The second-order valence-electron chi connectivity index (χ2n) is 10.7. The largest absolute Gasteiger partial charge is 0.334 e. The van der Waals surface area contributed by atoms with E-state index in [0.717, 1.165) is 10.7 Å². The molecule has 1 aliphatic carbocycles. The first-order valence-corrected chi connectivity index (χ1v) is 13.1. The van der Waals surface area contributed by atoms with E-state index in [9.17, 15) is 0 Å². The van der Waals surface area contributed by atoms with E-state index >= 15 is 0 Å². The molecule has 0 spiro atoms. The van der Waals surface area contributed by atoms with Crippen LogP contribution in [-0.4, -0.2) is 10.1 Å². The summed E-state index contributed by atoms with van der Waals surface area (Å²) < 4.78 is 2.37. The molecule has 5 aromatic rings. The van der Waals surface area contributed by atoms with Crippen LogP contribution in [0.15, 0.2) is 91.0 Å². The average Bonchev–Trinajstić information content (AvgIpc) is 3.31. The number of fused-ring (bicyclic) bond motifs is 6. The van der Waals surface area contributed by atoms with Gasteiger partial charge in [0.1, 0.15) is 0 Å². The van der Waals surface area contributed by atoms with E-state index in [2.05, 4.69) is 114 Å². The fourth-order valence-electron chi connectivity index (χ4n) is 7.12. The van der Waals surface area contributed by atoms with Crippen molar-refractivity contribution < 1.29 is 0 Å². The molecule has 4 aromatic carbocycles.